The number of carbonyl (C=O) groups excluding carboxylic acids is 2. The molecule has 0 aromatic heterocycles. The molecule has 2 heterocycles. The first-order valence-corrected chi connectivity index (χ1v) is 8.19. The number of fused-ring (bicyclic) bond motifs is 1. The Balaban J connectivity index is 1.82. The maximum atomic E-state index is 12.5. The van der Waals surface area contributed by atoms with Gasteiger partial charge in [-0.25, -0.2) is 4.79 Å². The van der Waals surface area contributed by atoms with Gasteiger partial charge in [0.05, 0.1) is 11.6 Å². The molecule has 6 nitrogen and oxygen atoms in total. The number of rotatable bonds is 3. The van der Waals surface area contributed by atoms with E-state index in [-0.39, 0.29) is 18.4 Å². The van der Waals surface area contributed by atoms with Crippen LogP contribution in [0.15, 0.2) is 24.3 Å². The quantitative estimate of drug-likeness (QED) is 0.888. The lowest BCUT2D eigenvalue weighted by Gasteiger charge is -2.35. The summed E-state index contributed by atoms with van der Waals surface area (Å²) in [6, 6.07) is 6.33. The van der Waals surface area contributed by atoms with Crippen LogP contribution in [-0.4, -0.2) is 57.4 Å². The number of benzene rings is 1. The number of nitrogens with zero attached hydrogens (tertiary/aromatic N) is 2. The predicted octanol–water partition coefficient (Wildman–Crippen LogP) is 0.730. The topological polar surface area (TPSA) is 77.9 Å². The molecule has 2 amide bonds. The van der Waals surface area contributed by atoms with E-state index in [1.165, 1.54) is 21.6 Å². The van der Waals surface area contributed by atoms with E-state index in [0.717, 1.165) is 5.56 Å². The van der Waals surface area contributed by atoms with Crippen molar-refractivity contribution in [3.63, 3.8) is 0 Å². The van der Waals surface area contributed by atoms with Crippen molar-refractivity contribution in [1.29, 1.82) is 0 Å². The third-order valence-corrected chi connectivity index (χ3v) is 4.93. The first kappa shape index (κ1) is 14.9. The molecule has 116 valence electrons. The summed E-state index contributed by atoms with van der Waals surface area (Å²) in [4.78, 5) is 38.6. The lowest BCUT2D eigenvalue weighted by atomic mass is 9.92. The molecule has 3 rings (SSSR count). The summed E-state index contributed by atoms with van der Waals surface area (Å²) >= 11 is 1.46. The molecule has 2 aliphatic heterocycles. The van der Waals surface area contributed by atoms with E-state index in [1.807, 2.05) is 12.1 Å². The fourth-order valence-electron chi connectivity index (χ4n) is 2.90. The molecule has 0 saturated carbocycles. The normalized spacial score (nSPS) is 20.9. The maximum Gasteiger partial charge on any atom is 0.331 e. The lowest BCUT2D eigenvalue weighted by Crippen LogP contribution is -2.47. The number of carbonyl (C=O) groups is 3. The number of aliphatic carboxylic acids is 1. The fraction of sp³-hybridized carbons (Fsp3) is 0.400. The molecule has 1 atom stereocenters. The lowest BCUT2D eigenvalue weighted by molar-refractivity contribution is -0.152. The van der Waals surface area contributed by atoms with Crippen LogP contribution >= 0.6 is 11.8 Å². The molecule has 1 aromatic rings. The van der Waals surface area contributed by atoms with Crippen LogP contribution in [0.5, 0.6) is 0 Å². The standard InChI is InChI=1S/C15H16N2O4S/c18-12(7-16-9-22-8-13(16)19)17-6-5-10-3-1-2-4-11(10)14(17)15(20)21/h1-4,14H,5-9H2,(H,20,21). The molecule has 7 heteroatoms. The van der Waals surface area contributed by atoms with Gasteiger partial charge in [-0.15, -0.1) is 11.8 Å². The largest absolute Gasteiger partial charge is 0.479 e. The summed E-state index contributed by atoms with van der Waals surface area (Å²) in [5.74, 6) is -0.534. The predicted molar refractivity (Wildman–Crippen MR) is 81.3 cm³/mol. The molecule has 1 saturated heterocycles. The molecule has 1 unspecified atom stereocenters. The van der Waals surface area contributed by atoms with Gasteiger partial charge < -0.3 is 14.9 Å². The van der Waals surface area contributed by atoms with E-state index >= 15 is 0 Å². The maximum absolute atomic E-state index is 12.5. The summed E-state index contributed by atoms with van der Waals surface area (Å²) in [5.41, 5.74) is 1.63. The van der Waals surface area contributed by atoms with E-state index in [2.05, 4.69) is 0 Å². The Morgan fingerprint density at radius 2 is 2.09 bits per heavy atom. The van der Waals surface area contributed by atoms with Crippen molar-refractivity contribution < 1.29 is 19.5 Å². The van der Waals surface area contributed by atoms with Gasteiger partial charge in [0, 0.05) is 6.54 Å². The van der Waals surface area contributed by atoms with E-state index in [9.17, 15) is 19.5 Å². The summed E-state index contributed by atoms with van der Waals surface area (Å²) in [5, 5.41) is 9.54. The SMILES string of the molecule is O=C(O)C1c2ccccc2CCN1C(=O)CN1CSCC1=O. The van der Waals surface area contributed by atoms with Gasteiger partial charge in [-0.05, 0) is 17.5 Å². The van der Waals surface area contributed by atoms with E-state index in [0.29, 0.717) is 30.2 Å². The van der Waals surface area contributed by atoms with E-state index < -0.39 is 12.0 Å². The molecule has 0 aliphatic carbocycles. The summed E-state index contributed by atoms with van der Waals surface area (Å²) < 4.78 is 0. The molecule has 1 fully saturated rings. The van der Waals surface area contributed by atoms with Crippen LogP contribution in [0.1, 0.15) is 17.2 Å². The number of hydrogen-bond acceptors (Lipinski definition) is 4. The zero-order chi connectivity index (χ0) is 15.7. The van der Waals surface area contributed by atoms with Gasteiger partial charge in [0.15, 0.2) is 6.04 Å². The Morgan fingerprint density at radius 1 is 1.32 bits per heavy atom. The van der Waals surface area contributed by atoms with Crippen molar-refractivity contribution in [3.05, 3.63) is 35.4 Å². The third-order valence-electron chi connectivity index (χ3n) is 3.99. The van der Waals surface area contributed by atoms with Crippen molar-refractivity contribution >= 4 is 29.5 Å². The minimum absolute atomic E-state index is 0.0439. The highest BCUT2D eigenvalue weighted by molar-refractivity contribution is 8.00. The second-order valence-electron chi connectivity index (χ2n) is 5.35. The third kappa shape index (κ3) is 2.68. The second kappa shape index (κ2) is 6.00. The summed E-state index contributed by atoms with van der Waals surface area (Å²) in [6.45, 7) is 0.319. The highest BCUT2D eigenvalue weighted by Crippen LogP contribution is 2.30. The van der Waals surface area contributed by atoms with Crippen LogP contribution in [0.4, 0.5) is 0 Å². The first-order chi connectivity index (χ1) is 10.6. The summed E-state index contributed by atoms with van der Waals surface area (Å²) in [7, 11) is 0. The zero-order valence-electron chi connectivity index (χ0n) is 11.9. The second-order valence-corrected chi connectivity index (χ2v) is 6.30. The number of amides is 2. The molecular formula is C15H16N2O4S. The zero-order valence-corrected chi connectivity index (χ0v) is 12.7. The van der Waals surface area contributed by atoms with Gasteiger partial charge in [0.1, 0.15) is 6.54 Å². The van der Waals surface area contributed by atoms with Crippen molar-refractivity contribution in [2.45, 2.75) is 12.5 Å². The first-order valence-electron chi connectivity index (χ1n) is 7.03. The molecule has 1 N–H and O–H groups in total. The van der Waals surface area contributed by atoms with Gasteiger partial charge in [0.2, 0.25) is 11.8 Å². The van der Waals surface area contributed by atoms with Crippen molar-refractivity contribution in [3.8, 4) is 0 Å². The summed E-state index contributed by atoms with van der Waals surface area (Å²) in [6.07, 6.45) is 0.633. The van der Waals surface area contributed by atoms with Crippen molar-refractivity contribution in [2.24, 2.45) is 0 Å². The Hall–Kier alpha value is -2.02. The Labute approximate surface area is 132 Å². The Kier molecular flexibility index (Phi) is 4.06. The molecule has 0 bridgehead atoms. The Morgan fingerprint density at radius 3 is 2.77 bits per heavy atom. The van der Waals surface area contributed by atoms with Gasteiger partial charge in [-0.3, -0.25) is 9.59 Å². The molecule has 0 spiro atoms. The fourth-order valence-corrected chi connectivity index (χ4v) is 3.80. The monoisotopic (exact) mass is 320 g/mol. The molecular weight excluding hydrogens is 304 g/mol. The van der Waals surface area contributed by atoms with E-state index in [1.54, 1.807) is 12.1 Å². The Bertz CT molecular complexity index is 634. The highest BCUT2D eigenvalue weighted by atomic mass is 32.2. The minimum atomic E-state index is -1.04. The van der Waals surface area contributed by atoms with Gasteiger partial charge in [0.25, 0.3) is 0 Å². The molecule has 22 heavy (non-hydrogen) atoms. The molecule has 0 radical (unpaired) electrons. The van der Waals surface area contributed by atoms with Gasteiger partial charge >= 0.3 is 5.97 Å². The van der Waals surface area contributed by atoms with Crippen LogP contribution in [0.2, 0.25) is 0 Å². The average molecular weight is 320 g/mol. The van der Waals surface area contributed by atoms with Gasteiger partial charge in [-0.1, -0.05) is 24.3 Å². The average Bonchev–Trinajstić information content (AvgIpc) is 2.91. The van der Waals surface area contributed by atoms with Crippen molar-refractivity contribution in [2.75, 3.05) is 24.7 Å². The van der Waals surface area contributed by atoms with Crippen LogP contribution in [0.3, 0.4) is 0 Å². The molecule has 1 aromatic carbocycles. The van der Waals surface area contributed by atoms with Crippen molar-refractivity contribution in [1.82, 2.24) is 9.80 Å². The number of hydrogen-bond donors (Lipinski definition) is 1. The van der Waals surface area contributed by atoms with Gasteiger partial charge in [-0.2, -0.15) is 0 Å². The van der Waals surface area contributed by atoms with Crippen LogP contribution in [0, 0.1) is 0 Å². The van der Waals surface area contributed by atoms with Crippen LogP contribution < -0.4 is 0 Å². The van der Waals surface area contributed by atoms with Crippen LogP contribution in [0.25, 0.3) is 0 Å². The molecule has 2 aliphatic rings. The highest BCUT2D eigenvalue weighted by Gasteiger charge is 2.37. The van der Waals surface area contributed by atoms with Crippen LogP contribution in [-0.2, 0) is 20.8 Å². The number of thioether (sulfide) groups is 1. The smallest absolute Gasteiger partial charge is 0.331 e. The van der Waals surface area contributed by atoms with E-state index in [4.69, 9.17) is 0 Å². The minimum Gasteiger partial charge on any atom is -0.479 e. The number of carboxylic acid groups (broad SMARTS) is 1. The number of carboxylic acids is 1.